The maximum absolute atomic E-state index is 2.37. The van der Waals surface area contributed by atoms with Gasteiger partial charge >= 0.3 is 0 Å². The number of allylic oxidation sites excluding steroid dienone is 1. The lowest BCUT2D eigenvalue weighted by molar-refractivity contribution is -0.426. The van der Waals surface area contributed by atoms with Crippen LogP contribution in [-0.4, -0.2) is 17.5 Å². The van der Waals surface area contributed by atoms with Crippen LogP contribution in [0.15, 0.2) is 36.0 Å². The molecule has 0 bridgehead atoms. The van der Waals surface area contributed by atoms with E-state index in [4.69, 9.17) is 0 Å². The minimum Gasteiger partial charge on any atom is -0.229 e. The van der Waals surface area contributed by atoms with Crippen molar-refractivity contribution >= 4 is 17.7 Å². The van der Waals surface area contributed by atoms with Crippen LogP contribution in [0.5, 0.6) is 0 Å². The Morgan fingerprint density at radius 2 is 1.20 bits per heavy atom. The summed E-state index contributed by atoms with van der Waals surface area (Å²) in [6.07, 6.45) is 4.59. The highest BCUT2D eigenvalue weighted by Gasteiger charge is 2.25. The van der Waals surface area contributed by atoms with Gasteiger partial charge in [0.05, 0.1) is 0 Å². The van der Waals surface area contributed by atoms with Crippen molar-refractivity contribution in [1.29, 1.82) is 0 Å². The van der Waals surface area contributed by atoms with Crippen LogP contribution in [0, 0.1) is 41.5 Å². The molecule has 2 nitrogen and oxygen atoms in total. The van der Waals surface area contributed by atoms with Crippen molar-refractivity contribution in [1.82, 2.24) is 0 Å². The van der Waals surface area contributed by atoms with Gasteiger partial charge in [-0.3, -0.25) is 0 Å². The standard InChI is InChI=1S/C23H29N2/c1-15-10-17(3)22(18(4)11-15)24-9-8-21(7)25(14-24)23-19(5)12-16(2)13-20(23)6/h8,10-14H,9H2,1-7H3/q+1. The first-order valence-corrected chi connectivity index (χ1v) is 9.01. The fourth-order valence-corrected chi connectivity index (χ4v) is 4.17. The second-order valence-electron chi connectivity index (χ2n) is 7.48. The van der Waals surface area contributed by atoms with Crippen LogP contribution >= 0.6 is 0 Å². The maximum atomic E-state index is 2.37. The van der Waals surface area contributed by atoms with Gasteiger partial charge in [-0.1, -0.05) is 35.4 Å². The molecular formula is C23H29N2+. The first kappa shape index (κ1) is 17.5. The SMILES string of the molecule is CC1=CC[N+](c2c(C)cc(C)cc2C)=CN1c1c(C)cc(C)cc1C. The van der Waals surface area contributed by atoms with Gasteiger partial charge in [-0.25, -0.2) is 9.48 Å². The van der Waals surface area contributed by atoms with Gasteiger partial charge in [-0.15, -0.1) is 0 Å². The van der Waals surface area contributed by atoms with E-state index in [-0.39, 0.29) is 0 Å². The molecule has 130 valence electrons. The Kier molecular flexibility index (Phi) is 4.55. The Hall–Kier alpha value is -2.35. The van der Waals surface area contributed by atoms with E-state index < -0.39 is 0 Å². The maximum Gasteiger partial charge on any atom is 0.249 e. The van der Waals surface area contributed by atoms with E-state index in [1.165, 1.54) is 50.5 Å². The van der Waals surface area contributed by atoms with Crippen molar-refractivity contribution in [3.8, 4) is 0 Å². The molecule has 0 atom stereocenters. The van der Waals surface area contributed by atoms with E-state index in [2.05, 4.69) is 94.6 Å². The monoisotopic (exact) mass is 333 g/mol. The van der Waals surface area contributed by atoms with Gasteiger partial charge in [-0.2, -0.15) is 0 Å². The normalized spacial score (nSPS) is 14.4. The van der Waals surface area contributed by atoms with E-state index >= 15 is 0 Å². The zero-order chi connectivity index (χ0) is 18.3. The highest BCUT2D eigenvalue weighted by molar-refractivity contribution is 5.85. The molecule has 0 aliphatic carbocycles. The molecule has 2 heteroatoms. The lowest BCUT2D eigenvalue weighted by atomic mass is 10.0. The largest absolute Gasteiger partial charge is 0.249 e. The first-order chi connectivity index (χ1) is 11.8. The summed E-state index contributed by atoms with van der Waals surface area (Å²) >= 11 is 0. The van der Waals surface area contributed by atoms with Crippen molar-refractivity contribution in [3.63, 3.8) is 0 Å². The molecule has 0 N–H and O–H groups in total. The second kappa shape index (κ2) is 6.51. The molecule has 0 aromatic heterocycles. The molecule has 0 amide bonds. The van der Waals surface area contributed by atoms with Crippen molar-refractivity contribution in [2.24, 2.45) is 0 Å². The molecule has 2 aromatic rings. The Bertz CT molecular complexity index is 854. The Morgan fingerprint density at radius 1 is 0.720 bits per heavy atom. The van der Waals surface area contributed by atoms with Crippen LogP contribution < -0.4 is 4.90 Å². The summed E-state index contributed by atoms with van der Waals surface area (Å²) < 4.78 is 2.37. The van der Waals surface area contributed by atoms with Gasteiger partial charge < -0.3 is 0 Å². The smallest absolute Gasteiger partial charge is 0.229 e. The molecule has 1 aliphatic heterocycles. The predicted molar refractivity (Wildman–Crippen MR) is 108 cm³/mol. The van der Waals surface area contributed by atoms with Crippen LogP contribution in [0.3, 0.4) is 0 Å². The van der Waals surface area contributed by atoms with E-state index in [1.54, 1.807) is 0 Å². The molecule has 25 heavy (non-hydrogen) atoms. The van der Waals surface area contributed by atoms with Gasteiger partial charge in [0.1, 0.15) is 23.6 Å². The fraction of sp³-hybridized carbons (Fsp3) is 0.348. The summed E-state index contributed by atoms with van der Waals surface area (Å²) in [7, 11) is 0. The number of rotatable bonds is 2. The molecular weight excluding hydrogens is 304 g/mol. The van der Waals surface area contributed by atoms with E-state index in [1.807, 2.05) is 0 Å². The fourth-order valence-electron chi connectivity index (χ4n) is 4.17. The van der Waals surface area contributed by atoms with Crippen molar-refractivity contribution < 1.29 is 4.58 Å². The Balaban J connectivity index is 2.14. The second-order valence-corrected chi connectivity index (χ2v) is 7.48. The van der Waals surface area contributed by atoms with Crippen LogP contribution in [-0.2, 0) is 0 Å². The molecule has 0 saturated heterocycles. The summed E-state index contributed by atoms with van der Waals surface area (Å²) in [4.78, 5) is 2.34. The number of aryl methyl sites for hydroxylation is 6. The molecule has 2 aromatic carbocycles. The molecule has 0 saturated carbocycles. The first-order valence-electron chi connectivity index (χ1n) is 9.01. The third-order valence-corrected chi connectivity index (χ3v) is 5.02. The third-order valence-electron chi connectivity index (χ3n) is 5.02. The Labute approximate surface area is 152 Å². The molecule has 1 aliphatic rings. The van der Waals surface area contributed by atoms with E-state index in [0.29, 0.717) is 0 Å². The number of hydrogen-bond donors (Lipinski definition) is 0. The minimum absolute atomic E-state index is 0.914. The molecule has 1 heterocycles. The van der Waals surface area contributed by atoms with Crippen molar-refractivity contribution in [2.75, 3.05) is 11.4 Å². The summed E-state index contributed by atoms with van der Waals surface area (Å²) in [5, 5.41) is 0. The summed E-state index contributed by atoms with van der Waals surface area (Å²) in [6.45, 7) is 16.3. The van der Waals surface area contributed by atoms with E-state index in [0.717, 1.165) is 6.54 Å². The highest BCUT2D eigenvalue weighted by Crippen LogP contribution is 2.31. The number of nitrogens with zero attached hydrogens (tertiary/aromatic N) is 2. The molecule has 0 fully saturated rings. The lowest BCUT2D eigenvalue weighted by Crippen LogP contribution is -2.31. The van der Waals surface area contributed by atoms with Crippen molar-refractivity contribution in [2.45, 2.75) is 48.5 Å². The highest BCUT2D eigenvalue weighted by atomic mass is 15.2. The van der Waals surface area contributed by atoms with Crippen LogP contribution in [0.1, 0.15) is 40.3 Å². The zero-order valence-corrected chi connectivity index (χ0v) is 16.6. The Morgan fingerprint density at radius 3 is 1.72 bits per heavy atom. The lowest BCUT2D eigenvalue weighted by Gasteiger charge is -2.24. The predicted octanol–water partition coefficient (Wildman–Crippen LogP) is 5.63. The van der Waals surface area contributed by atoms with E-state index in [9.17, 15) is 0 Å². The number of anilines is 1. The minimum atomic E-state index is 0.914. The van der Waals surface area contributed by atoms with Gasteiger partial charge in [0, 0.05) is 0 Å². The van der Waals surface area contributed by atoms with Crippen molar-refractivity contribution in [3.05, 3.63) is 69.4 Å². The summed E-state index contributed by atoms with van der Waals surface area (Å²) in [5.41, 5.74) is 11.9. The quantitative estimate of drug-likeness (QED) is 0.645. The average molecular weight is 333 g/mol. The molecule has 0 unspecified atom stereocenters. The molecule has 3 rings (SSSR count). The van der Waals surface area contributed by atoms with Gasteiger partial charge in [0.25, 0.3) is 0 Å². The third kappa shape index (κ3) is 3.26. The van der Waals surface area contributed by atoms with Gasteiger partial charge in [-0.05, 0) is 76.8 Å². The zero-order valence-electron chi connectivity index (χ0n) is 16.6. The summed E-state index contributed by atoms with van der Waals surface area (Å²) in [5.74, 6) is 0. The van der Waals surface area contributed by atoms with Crippen LogP contribution in [0.4, 0.5) is 11.4 Å². The van der Waals surface area contributed by atoms with Gasteiger partial charge in [0.2, 0.25) is 6.34 Å². The number of hydrogen-bond acceptors (Lipinski definition) is 1. The topological polar surface area (TPSA) is 6.25 Å². The van der Waals surface area contributed by atoms with Crippen LogP contribution in [0.2, 0.25) is 0 Å². The van der Waals surface area contributed by atoms with Crippen LogP contribution in [0.25, 0.3) is 0 Å². The molecule has 0 radical (unpaired) electrons. The average Bonchev–Trinajstić information content (AvgIpc) is 2.48. The summed E-state index contributed by atoms with van der Waals surface area (Å²) in [6, 6.07) is 9.08. The number of benzene rings is 2. The molecule has 0 spiro atoms. The van der Waals surface area contributed by atoms with Gasteiger partial charge in [0.15, 0.2) is 0 Å².